The number of amides is 2. The SMILES string of the molecule is O=CNc1c[c]cc(NC=O)c1. The monoisotopic (exact) mass is 163 g/mol. The number of hydrogen-bond acceptors (Lipinski definition) is 2. The summed E-state index contributed by atoms with van der Waals surface area (Å²) < 4.78 is 0. The molecule has 2 N–H and O–H groups in total. The van der Waals surface area contributed by atoms with E-state index in [1.54, 1.807) is 18.2 Å². The predicted octanol–water partition coefficient (Wildman–Crippen LogP) is 0.623. The Kier molecular flexibility index (Phi) is 2.84. The largest absolute Gasteiger partial charge is 0.329 e. The van der Waals surface area contributed by atoms with E-state index in [0.29, 0.717) is 24.2 Å². The molecule has 0 aliphatic carbocycles. The van der Waals surface area contributed by atoms with Gasteiger partial charge >= 0.3 is 0 Å². The Bertz CT molecular complexity index is 261. The zero-order valence-corrected chi connectivity index (χ0v) is 6.20. The molecular formula is C8H7N2O2. The van der Waals surface area contributed by atoms with E-state index < -0.39 is 0 Å². The second-order valence-electron chi connectivity index (χ2n) is 2.03. The Morgan fingerprint density at radius 2 is 1.58 bits per heavy atom. The molecule has 1 aromatic carbocycles. The van der Waals surface area contributed by atoms with Gasteiger partial charge in [-0.15, -0.1) is 0 Å². The molecule has 0 unspecified atom stereocenters. The number of carbonyl (C=O) groups is 2. The molecule has 0 bridgehead atoms. The van der Waals surface area contributed by atoms with Gasteiger partial charge in [-0.3, -0.25) is 9.59 Å². The molecule has 0 spiro atoms. The summed E-state index contributed by atoms with van der Waals surface area (Å²) in [6.45, 7) is 0. The maximum Gasteiger partial charge on any atom is 0.211 e. The molecule has 0 aliphatic rings. The number of benzene rings is 1. The van der Waals surface area contributed by atoms with Crippen molar-refractivity contribution in [2.24, 2.45) is 0 Å². The maximum atomic E-state index is 10.0. The van der Waals surface area contributed by atoms with Crippen LogP contribution in [-0.4, -0.2) is 12.8 Å². The highest BCUT2D eigenvalue weighted by Crippen LogP contribution is 2.12. The van der Waals surface area contributed by atoms with Crippen molar-refractivity contribution in [2.45, 2.75) is 0 Å². The van der Waals surface area contributed by atoms with Crippen LogP contribution in [0.3, 0.4) is 0 Å². The Balaban J connectivity index is 2.79. The number of nitrogens with one attached hydrogen (secondary N) is 2. The molecule has 1 rings (SSSR count). The molecule has 4 heteroatoms. The highest BCUT2D eigenvalue weighted by molar-refractivity contribution is 5.77. The summed E-state index contributed by atoms with van der Waals surface area (Å²) in [6, 6.07) is 7.58. The minimum absolute atomic E-state index is 0.563. The van der Waals surface area contributed by atoms with Crippen LogP contribution < -0.4 is 10.6 Å². The van der Waals surface area contributed by atoms with Gasteiger partial charge in [0.25, 0.3) is 0 Å². The number of hydrogen-bond donors (Lipinski definition) is 2. The van der Waals surface area contributed by atoms with Crippen molar-refractivity contribution in [1.82, 2.24) is 0 Å². The molecule has 0 aromatic heterocycles. The van der Waals surface area contributed by atoms with Gasteiger partial charge in [-0.2, -0.15) is 0 Å². The molecule has 0 fully saturated rings. The van der Waals surface area contributed by atoms with Crippen LogP contribution in [0.5, 0.6) is 0 Å². The van der Waals surface area contributed by atoms with Crippen molar-refractivity contribution in [1.29, 1.82) is 0 Å². The molecule has 61 valence electrons. The second-order valence-corrected chi connectivity index (χ2v) is 2.03. The van der Waals surface area contributed by atoms with Crippen molar-refractivity contribution in [3.63, 3.8) is 0 Å². The van der Waals surface area contributed by atoms with Gasteiger partial charge < -0.3 is 10.6 Å². The summed E-state index contributed by atoms with van der Waals surface area (Å²) in [6.07, 6.45) is 1.13. The molecule has 12 heavy (non-hydrogen) atoms. The van der Waals surface area contributed by atoms with Gasteiger partial charge in [0, 0.05) is 11.4 Å². The van der Waals surface area contributed by atoms with E-state index in [-0.39, 0.29) is 0 Å². The first kappa shape index (κ1) is 8.26. The number of anilines is 2. The second kappa shape index (κ2) is 4.12. The Morgan fingerprint density at radius 1 is 1.08 bits per heavy atom. The molecule has 4 nitrogen and oxygen atoms in total. The van der Waals surface area contributed by atoms with E-state index >= 15 is 0 Å². The van der Waals surface area contributed by atoms with Crippen LogP contribution in [0.25, 0.3) is 0 Å². The first-order chi connectivity index (χ1) is 5.86. The fourth-order valence-electron chi connectivity index (χ4n) is 0.775. The van der Waals surface area contributed by atoms with Crippen LogP contribution in [-0.2, 0) is 9.59 Å². The van der Waals surface area contributed by atoms with Crippen molar-refractivity contribution in [2.75, 3.05) is 10.6 Å². The Morgan fingerprint density at radius 3 is 2.00 bits per heavy atom. The number of rotatable bonds is 4. The summed E-state index contributed by atoms with van der Waals surface area (Å²) in [7, 11) is 0. The van der Waals surface area contributed by atoms with Crippen LogP contribution >= 0.6 is 0 Å². The molecule has 0 saturated carbocycles. The average Bonchev–Trinajstić information content (AvgIpc) is 2.06. The lowest BCUT2D eigenvalue weighted by Crippen LogP contribution is -1.97. The van der Waals surface area contributed by atoms with E-state index in [1.807, 2.05) is 0 Å². The highest BCUT2D eigenvalue weighted by Gasteiger charge is 1.92. The molecule has 0 aliphatic heterocycles. The van der Waals surface area contributed by atoms with Crippen molar-refractivity contribution in [3.8, 4) is 0 Å². The van der Waals surface area contributed by atoms with Gasteiger partial charge in [-0.1, -0.05) is 0 Å². The van der Waals surface area contributed by atoms with Gasteiger partial charge in [-0.25, -0.2) is 0 Å². The molecule has 1 radical (unpaired) electrons. The highest BCUT2D eigenvalue weighted by atomic mass is 16.1. The molecule has 0 atom stereocenters. The van der Waals surface area contributed by atoms with Gasteiger partial charge in [0.05, 0.1) is 0 Å². The maximum absolute atomic E-state index is 10.0. The first-order valence-corrected chi connectivity index (χ1v) is 3.28. The normalized spacial score (nSPS) is 8.67. The van der Waals surface area contributed by atoms with Crippen LogP contribution in [0.1, 0.15) is 0 Å². The van der Waals surface area contributed by atoms with Crippen LogP contribution in [0, 0.1) is 6.07 Å². The number of carbonyl (C=O) groups excluding carboxylic acids is 2. The first-order valence-electron chi connectivity index (χ1n) is 3.28. The zero-order valence-electron chi connectivity index (χ0n) is 6.20. The summed E-state index contributed by atoms with van der Waals surface area (Å²) in [5.74, 6) is 0. The predicted molar refractivity (Wildman–Crippen MR) is 44.7 cm³/mol. The molecule has 0 heterocycles. The van der Waals surface area contributed by atoms with Crippen molar-refractivity contribution in [3.05, 3.63) is 24.3 Å². The summed E-state index contributed by atoms with van der Waals surface area (Å²) in [4.78, 5) is 20.1. The lowest BCUT2D eigenvalue weighted by atomic mass is 10.3. The minimum Gasteiger partial charge on any atom is -0.329 e. The molecule has 2 amide bonds. The third-order valence-corrected chi connectivity index (χ3v) is 1.24. The van der Waals surface area contributed by atoms with E-state index in [1.165, 1.54) is 0 Å². The molecular weight excluding hydrogens is 156 g/mol. The van der Waals surface area contributed by atoms with E-state index in [2.05, 4.69) is 16.7 Å². The van der Waals surface area contributed by atoms with E-state index in [4.69, 9.17) is 0 Å². The van der Waals surface area contributed by atoms with Gasteiger partial charge in [0.1, 0.15) is 0 Å². The van der Waals surface area contributed by atoms with Crippen LogP contribution in [0.2, 0.25) is 0 Å². The summed E-state index contributed by atoms with van der Waals surface area (Å²) >= 11 is 0. The molecule has 0 saturated heterocycles. The topological polar surface area (TPSA) is 58.2 Å². The van der Waals surface area contributed by atoms with Gasteiger partial charge in [-0.05, 0) is 24.3 Å². The van der Waals surface area contributed by atoms with Gasteiger partial charge in [0.15, 0.2) is 0 Å². The lowest BCUT2D eigenvalue weighted by Gasteiger charge is -2.00. The Hall–Kier alpha value is -1.84. The van der Waals surface area contributed by atoms with Crippen LogP contribution in [0.15, 0.2) is 18.2 Å². The molecule has 1 aromatic rings. The zero-order chi connectivity index (χ0) is 8.81. The van der Waals surface area contributed by atoms with Crippen molar-refractivity contribution < 1.29 is 9.59 Å². The fraction of sp³-hybridized carbons (Fsp3) is 0. The van der Waals surface area contributed by atoms with E-state index in [9.17, 15) is 9.59 Å². The smallest absolute Gasteiger partial charge is 0.211 e. The third-order valence-electron chi connectivity index (χ3n) is 1.24. The van der Waals surface area contributed by atoms with Crippen LogP contribution in [0.4, 0.5) is 11.4 Å². The third kappa shape index (κ3) is 2.09. The minimum atomic E-state index is 0.563. The van der Waals surface area contributed by atoms with Crippen molar-refractivity contribution >= 4 is 24.2 Å². The fourth-order valence-corrected chi connectivity index (χ4v) is 0.775. The quantitative estimate of drug-likeness (QED) is 0.639. The lowest BCUT2D eigenvalue weighted by molar-refractivity contribution is -0.106. The summed E-state index contributed by atoms with van der Waals surface area (Å²) in [5, 5.41) is 4.88. The Labute approximate surface area is 69.6 Å². The average molecular weight is 163 g/mol. The van der Waals surface area contributed by atoms with Gasteiger partial charge in [0.2, 0.25) is 12.8 Å². The summed E-state index contributed by atoms with van der Waals surface area (Å²) in [5.41, 5.74) is 1.19. The van der Waals surface area contributed by atoms with E-state index in [0.717, 1.165) is 0 Å². The standard InChI is InChI=1S/C8H7N2O2/c11-5-9-7-2-1-3-8(4-7)10-6-12/h2-6H,(H,9,11)(H,10,12).